The normalized spacial score (nSPS) is 18.0. The molecule has 2 aliphatic carbocycles. The van der Waals surface area contributed by atoms with Gasteiger partial charge in [0.15, 0.2) is 0 Å². The molecule has 0 spiro atoms. The van der Waals surface area contributed by atoms with Crippen LogP contribution in [0.3, 0.4) is 0 Å². The maximum Gasteiger partial charge on any atom is 0.0738 e. The van der Waals surface area contributed by atoms with Crippen molar-refractivity contribution in [2.45, 2.75) is 65.0 Å². The van der Waals surface area contributed by atoms with E-state index in [1.54, 1.807) is 5.56 Å². The van der Waals surface area contributed by atoms with Crippen molar-refractivity contribution in [2.24, 2.45) is 0 Å². The third kappa shape index (κ3) is 2.46. The maximum absolute atomic E-state index is 5.03. The molecule has 0 aliphatic heterocycles. The fourth-order valence-corrected chi connectivity index (χ4v) is 3.71. The highest BCUT2D eigenvalue weighted by molar-refractivity contribution is 5.87. The molecule has 1 heterocycles. The summed E-state index contributed by atoms with van der Waals surface area (Å²) in [4.78, 5) is 5.03. The lowest BCUT2D eigenvalue weighted by Gasteiger charge is -2.22. The van der Waals surface area contributed by atoms with E-state index in [-0.39, 0.29) is 0 Å². The summed E-state index contributed by atoms with van der Waals surface area (Å²) < 4.78 is 0. The van der Waals surface area contributed by atoms with Gasteiger partial charge in [-0.1, -0.05) is 11.6 Å². The Morgan fingerprint density at radius 1 is 1.14 bits per heavy atom. The Bertz CT molecular complexity index is 699. The lowest BCUT2D eigenvalue weighted by atomic mass is 9.88. The van der Waals surface area contributed by atoms with E-state index < -0.39 is 0 Å². The Labute approximate surface area is 127 Å². The molecule has 21 heavy (non-hydrogen) atoms. The van der Waals surface area contributed by atoms with E-state index in [4.69, 9.17) is 4.98 Å². The molecule has 2 nitrogen and oxygen atoms in total. The highest BCUT2D eigenvalue weighted by Crippen LogP contribution is 2.32. The van der Waals surface area contributed by atoms with Crippen molar-refractivity contribution in [3.63, 3.8) is 0 Å². The van der Waals surface area contributed by atoms with Crippen molar-refractivity contribution in [2.75, 3.05) is 0 Å². The number of fused-ring (bicyclic) bond motifs is 2. The third-order valence-electron chi connectivity index (χ3n) is 4.96. The number of hydrogen-bond acceptors (Lipinski definition) is 2. The first-order valence-electron chi connectivity index (χ1n) is 8.37. The molecule has 0 atom stereocenters. The van der Waals surface area contributed by atoms with Gasteiger partial charge in [0.25, 0.3) is 0 Å². The van der Waals surface area contributed by atoms with Crippen LogP contribution in [-0.4, -0.2) is 11.0 Å². The second-order valence-electron chi connectivity index (χ2n) is 6.86. The predicted octanol–water partition coefficient (Wildman–Crippen LogP) is 3.98. The summed E-state index contributed by atoms with van der Waals surface area (Å²) in [6, 6.07) is 5.37. The maximum atomic E-state index is 5.03. The van der Waals surface area contributed by atoms with Crippen molar-refractivity contribution in [1.82, 2.24) is 10.3 Å². The van der Waals surface area contributed by atoms with Crippen molar-refractivity contribution >= 4 is 10.9 Å². The molecule has 2 heteroatoms. The van der Waals surface area contributed by atoms with Gasteiger partial charge in [0, 0.05) is 23.7 Å². The molecule has 0 amide bonds. The molecule has 0 bridgehead atoms. The van der Waals surface area contributed by atoms with Gasteiger partial charge < -0.3 is 5.32 Å². The Kier molecular flexibility index (Phi) is 3.22. The number of aryl methyl sites for hydroxylation is 3. The van der Waals surface area contributed by atoms with Crippen LogP contribution >= 0.6 is 0 Å². The van der Waals surface area contributed by atoms with Gasteiger partial charge in [-0.25, -0.2) is 0 Å². The molecule has 1 fully saturated rings. The number of rotatable bonds is 3. The molecule has 4 rings (SSSR count). The molecule has 0 saturated heterocycles. The lowest BCUT2D eigenvalue weighted by Crippen LogP contribution is -2.19. The van der Waals surface area contributed by atoms with E-state index in [9.17, 15) is 0 Å². The second-order valence-corrected chi connectivity index (χ2v) is 6.86. The van der Waals surface area contributed by atoms with E-state index in [1.807, 2.05) is 0 Å². The molecular formula is C19H24N2. The standard InChI is InChI=1S/C19H24N2/c1-12-9-13(2)19-16(10-12)17(11-20-14-7-8-14)15-5-3-4-6-18(15)21-19/h9-10,14,20H,3-8,11H2,1-2H3. The molecular weight excluding hydrogens is 256 g/mol. The lowest BCUT2D eigenvalue weighted by molar-refractivity contribution is 0.642. The SMILES string of the molecule is Cc1cc(C)c2nc3c(c(CNC4CC4)c2c1)CCCC3. The first kappa shape index (κ1) is 13.3. The number of aromatic nitrogens is 1. The smallest absolute Gasteiger partial charge is 0.0738 e. The third-order valence-corrected chi connectivity index (χ3v) is 4.96. The van der Waals surface area contributed by atoms with Crippen LogP contribution in [0.25, 0.3) is 10.9 Å². The van der Waals surface area contributed by atoms with Crippen LogP contribution in [0, 0.1) is 13.8 Å². The first-order valence-corrected chi connectivity index (χ1v) is 8.37. The van der Waals surface area contributed by atoms with Gasteiger partial charge in [0.1, 0.15) is 0 Å². The predicted molar refractivity (Wildman–Crippen MR) is 87.7 cm³/mol. The quantitative estimate of drug-likeness (QED) is 0.919. The van der Waals surface area contributed by atoms with Crippen LogP contribution in [0.2, 0.25) is 0 Å². The van der Waals surface area contributed by atoms with Crippen molar-refractivity contribution in [1.29, 1.82) is 0 Å². The molecule has 1 saturated carbocycles. The zero-order valence-corrected chi connectivity index (χ0v) is 13.1. The van der Waals surface area contributed by atoms with Gasteiger partial charge in [-0.05, 0) is 75.1 Å². The van der Waals surface area contributed by atoms with Gasteiger partial charge in [-0.3, -0.25) is 4.98 Å². The van der Waals surface area contributed by atoms with Crippen molar-refractivity contribution in [3.05, 3.63) is 40.1 Å². The molecule has 110 valence electrons. The highest BCUT2D eigenvalue weighted by Gasteiger charge is 2.23. The Morgan fingerprint density at radius 2 is 1.95 bits per heavy atom. The van der Waals surface area contributed by atoms with Crippen LogP contribution in [-0.2, 0) is 19.4 Å². The number of hydrogen-bond donors (Lipinski definition) is 1. The van der Waals surface area contributed by atoms with Crippen molar-refractivity contribution in [3.8, 4) is 0 Å². The average molecular weight is 280 g/mol. The minimum Gasteiger partial charge on any atom is -0.310 e. The summed E-state index contributed by atoms with van der Waals surface area (Å²) in [6.45, 7) is 5.43. The molecule has 0 unspecified atom stereocenters. The monoisotopic (exact) mass is 280 g/mol. The first-order chi connectivity index (χ1) is 10.2. The van der Waals surface area contributed by atoms with Crippen LogP contribution in [0.4, 0.5) is 0 Å². The van der Waals surface area contributed by atoms with Gasteiger partial charge in [0.2, 0.25) is 0 Å². The Balaban J connectivity index is 1.90. The molecule has 2 aliphatic rings. The molecule has 2 aromatic rings. The van der Waals surface area contributed by atoms with E-state index in [1.165, 1.54) is 65.4 Å². The van der Waals surface area contributed by atoms with E-state index in [0.29, 0.717) is 0 Å². The van der Waals surface area contributed by atoms with E-state index >= 15 is 0 Å². The molecule has 1 N–H and O–H groups in total. The van der Waals surface area contributed by atoms with E-state index in [2.05, 4.69) is 31.3 Å². The van der Waals surface area contributed by atoms with E-state index in [0.717, 1.165) is 19.0 Å². The summed E-state index contributed by atoms with van der Waals surface area (Å²) in [7, 11) is 0. The average Bonchev–Trinajstić information content (AvgIpc) is 3.28. The summed E-state index contributed by atoms with van der Waals surface area (Å²) >= 11 is 0. The molecule has 1 aromatic carbocycles. The van der Waals surface area contributed by atoms with Crippen LogP contribution in [0.15, 0.2) is 12.1 Å². The molecule has 0 radical (unpaired) electrons. The topological polar surface area (TPSA) is 24.9 Å². The summed E-state index contributed by atoms with van der Waals surface area (Å²) in [5.41, 5.74) is 8.36. The fraction of sp³-hybridized carbons (Fsp3) is 0.526. The number of pyridine rings is 1. The van der Waals surface area contributed by atoms with Crippen molar-refractivity contribution < 1.29 is 0 Å². The minimum absolute atomic E-state index is 0.762. The molecule has 1 aromatic heterocycles. The Hall–Kier alpha value is -1.41. The fourth-order valence-electron chi connectivity index (χ4n) is 3.71. The summed E-state index contributed by atoms with van der Waals surface area (Å²) in [6.07, 6.45) is 7.70. The zero-order valence-electron chi connectivity index (χ0n) is 13.1. The van der Waals surface area contributed by atoms with Gasteiger partial charge >= 0.3 is 0 Å². The van der Waals surface area contributed by atoms with Gasteiger partial charge in [-0.2, -0.15) is 0 Å². The zero-order chi connectivity index (χ0) is 14.4. The highest BCUT2D eigenvalue weighted by atomic mass is 14.9. The van der Waals surface area contributed by atoms with Crippen LogP contribution in [0.1, 0.15) is 53.6 Å². The minimum atomic E-state index is 0.762. The van der Waals surface area contributed by atoms with Gasteiger partial charge in [0.05, 0.1) is 5.52 Å². The summed E-state index contributed by atoms with van der Waals surface area (Å²) in [5.74, 6) is 0. The number of benzene rings is 1. The second kappa shape index (κ2) is 5.10. The Morgan fingerprint density at radius 3 is 2.76 bits per heavy atom. The summed E-state index contributed by atoms with van der Waals surface area (Å²) in [5, 5.41) is 5.12. The largest absolute Gasteiger partial charge is 0.310 e. The van der Waals surface area contributed by atoms with Crippen LogP contribution < -0.4 is 5.32 Å². The van der Waals surface area contributed by atoms with Crippen LogP contribution in [0.5, 0.6) is 0 Å². The van der Waals surface area contributed by atoms with Gasteiger partial charge in [-0.15, -0.1) is 0 Å². The number of nitrogens with one attached hydrogen (secondary N) is 1. The number of nitrogens with zero attached hydrogens (tertiary/aromatic N) is 1.